The number of Topliss-reactive ketones (excluding diaryl/α,β-unsaturated/α-hetero) is 2. The Balaban J connectivity index is 1.37. The molecular formula is C25H27N5O2. The summed E-state index contributed by atoms with van der Waals surface area (Å²) in [4.78, 5) is 34.1. The van der Waals surface area contributed by atoms with Gasteiger partial charge in [0.1, 0.15) is 11.4 Å². The van der Waals surface area contributed by atoms with E-state index in [1.807, 2.05) is 24.3 Å². The zero-order chi connectivity index (χ0) is 22.5. The zero-order valence-electron chi connectivity index (χ0n) is 18.4. The zero-order valence-corrected chi connectivity index (χ0v) is 18.4. The number of carbonyl (C=O) groups is 2. The lowest BCUT2D eigenvalue weighted by Gasteiger charge is -2.30. The molecular weight excluding hydrogens is 402 g/mol. The van der Waals surface area contributed by atoms with E-state index in [0.29, 0.717) is 35.8 Å². The highest BCUT2D eigenvalue weighted by atomic mass is 16.1. The molecule has 1 aromatic carbocycles. The van der Waals surface area contributed by atoms with Crippen molar-refractivity contribution in [2.24, 2.45) is 5.92 Å². The second-order valence-corrected chi connectivity index (χ2v) is 9.71. The van der Waals surface area contributed by atoms with E-state index < -0.39 is 0 Å². The van der Waals surface area contributed by atoms with Gasteiger partial charge in [-0.1, -0.05) is 57.4 Å². The molecule has 0 amide bonds. The first-order chi connectivity index (χ1) is 15.3. The van der Waals surface area contributed by atoms with E-state index in [0.717, 1.165) is 35.1 Å². The van der Waals surface area contributed by atoms with Crippen LogP contribution < -0.4 is 5.73 Å². The molecule has 1 saturated carbocycles. The maximum Gasteiger partial charge on any atom is 0.220 e. The minimum atomic E-state index is -0.294. The average Bonchev–Trinajstić information content (AvgIpc) is 3.19. The summed E-state index contributed by atoms with van der Waals surface area (Å²) >= 11 is 0. The van der Waals surface area contributed by atoms with Crippen molar-refractivity contribution in [3.05, 3.63) is 58.4 Å². The lowest BCUT2D eigenvalue weighted by molar-refractivity contribution is 0.0935. The second-order valence-electron chi connectivity index (χ2n) is 9.71. The van der Waals surface area contributed by atoms with Crippen LogP contribution in [-0.2, 0) is 18.3 Å². The van der Waals surface area contributed by atoms with Crippen LogP contribution in [0.25, 0.3) is 11.4 Å². The van der Waals surface area contributed by atoms with Gasteiger partial charge < -0.3 is 5.73 Å². The molecule has 3 aromatic rings. The number of hydrogen-bond donors (Lipinski definition) is 2. The molecule has 7 nitrogen and oxygen atoms in total. The predicted molar refractivity (Wildman–Crippen MR) is 122 cm³/mol. The molecule has 1 fully saturated rings. The molecule has 0 atom stereocenters. The number of carbonyl (C=O) groups excluding carboxylic acids is 2. The number of anilines is 1. The molecule has 0 spiro atoms. The number of nitrogens with two attached hydrogens (primary N) is 1. The SMILES string of the molecule is CC1(C)Cc2cnc(N)nc2-c2n[nH]c(C(=O)Cc3ccc(C(=O)CC4CCC4)cc3)c21. The molecule has 5 rings (SSSR count). The van der Waals surface area contributed by atoms with Crippen LogP contribution in [-0.4, -0.2) is 31.7 Å². The minimum absolute atomic E-state index is 0.0363. The van der Waals surface area contributed by atoms with Crippen LogP contribution in [0.4, 0.5) is 5.95 Å². The Bertz CT molecular complexity index is 1210. The van der Waals surface area contributed by atoms with Crippen LogP contribution in [0, 0.1) is 5.92 Å². The van der Waals surface area contributed by atoms with Gasteiger partial charge in [-0.3, -0.25) is 14.7 Å². The maximum absolute atomic E-state index is 13.2. The molecule has 2 heterocycles. The molecule has 2 aromatic heterocycles. The summed E-state index contributed by atoms with van der Waals surface area (Å²) in [7, 11) is 0. The lowest BCUT2D eigenvalue weighted by atomic mass is 9.72. The summed E-state index contributed by atoms with van der Waals surface area (Å²) in [6.07, 6.45) is 6.86. The normalized spacial score (nSPS) is 16.7. The number of aromatic nitrogens is 4. The third-order valence-electron chi connectivity index (χ3n) is 6.80. The Labute approximate surface area is 186 Å². The number of fused-ring (bicyclic) bond motifs is 3. The van der Waals surface area contributed by atoms with Crippen molar-refractivity contribution in [3.63, 3.8) is 0 Å². The number of ketones is 2. The minimum Gasteiger partial charge on any atom is -0.368 e. The monoisotopic (exact) mass is 429 g/mol. The Kier molecular flexibility index (Phi) is 4.92. The molecule has 7 heteroatoms. The highest BCUT2D eigenvalue weighted by molar-refractivity contribution is 6.00. The van der Waals surface area contributed by atoms with E-state index in [9.17, 15) is 9.59 Å². The number of H-pyrrole nitrogens is 1. The smallest absolute Gasteiger partial charge is 0.220 e. The van der Waals surface area contributed by atoms with E-state index in [2.05, 4.69) is 34.0 Å². The summed E-state index contributed by atoms with van der Waals surface area (Å²) in [5.41, 5.74) is 10.8. The van der Waals surface area contributed by atoms with Gasteiger partial charge in [0.05, 0.1) is 5.69 Å². The van der Waals surface area contributed by atoms with Crippen LogP contribution >= 0.6 is 0 Å². The molecule has 0 bridgehead atoms. The van der Waals surface area contributed by atoms with Gasteiger partial charge in [0, 0.05) is 30.2 Å². The molecule has 0 aliphatic heterocycles. The Morgan fingerprint density at radius 1 is 1.12 bits per heavy atom. The van der Waals surface area contributed by atoms with Gasteiger partial charge in [0.2, 0.25) is 5.95 Å². The first-order valence-corrected chi connectivity index (χ1v) is 11.2. The quantitative estimate of drug-likeness (QED) is 0.571. The van der Waals surface area contributed by atoms with Crippen LogP contribution in [0.15, 0.2) is 30.5 Å². The molecule has 2 aliphatic carbocycles. The van der Waals surface area contributed by atoms with E-state index in [1.54, 1.807) is 6.20 Å². The summed E-state index contributed by atoms with van der Waals surface area (Å²) < 4.78 is 0. The van der Waals surface area contributed by atoms with E-state index in [1.165, 1.54) is 6.42 Å². The number of rotatable bonds is 6. The topological polar surface area (TPSA) is 115 Å². The number of nitrogens with one attached hydrogen (secondary N) is 1. The van der Waals surface area contributed by atoms with Crippen LogP contribution in [0.1, 0.15) is 77.1 Å². The standard InChI is InChI=1S/C25H27N5O2/c1-25(2)12-17-13-27-24(26)28-21(17)23-20(25)22(29-30-23)19(32)11-15-6-8-16(9-7-15)18(31)10-14-4-3-5-14/h6-9,13-14H,3-5,10-12H2,1-2H3,(H,29,30)(H2,26,27,28). The molecule has 0 radical (unpaired) electrons. The largest absolute Gasteiger partial charge is 0.368 e. The first-order valence-electron chi connectivity index (χ1n) is 11.2. The van der Waals surface area contributed by atoms with Crippen molar-refractivity contribution in [3.8, 4) is 11.4 Å². The van der Waals surface area contributed by atoms with Crippen molar-refractivity contribution in [2.45, 2.75) is 57.8 Å². The highest BCUT2D eigenvalue weighted by Crippen LogP contribution is 2.43. The predicted octanol–water partition coefficient (Wildman–Crippen LogP) is 4.08. The number of nitrogens with zero attached hydrogens (tertiary/aromatic N) is 3. The summed E-state index contributed by atoms with van der Waals surface area (Å²) in [5, 5.41) is 7.40. The lowest BCUT2D eigenvalue weighted by Crippen LogP contribution is -2.28. The number of nitrogen functional groups attached to an aromatic ring is 1. The first kappa shape index (κ1) is 20.5. The molecule has 164 valence electrons. The van der Waals surface area contributed by atoms with E-state index in [-0.39, 0.29) is 29.4 Å². The van der Waals surface area contributed by atoms with Gasteiger partial charge in [-0.15, -0.1) is 0 Å². The van der Waals surface area contributed by atoms with Gasteiger partial charge in [-0.2, -0.15) is 5.10 Å². The van der Waals surface area contributed by atoms with Crippen LogP contribution in [0.2, 0.25) is 0 Å². The van der Waals surface area contributed by atoms with Gasteiger partial charge in [-0.05, 0) is 28.9 Å². The van der Waals surface area contributed by atoms with E-state index in [4.69, 9.17) is 5.73 Å². The van der Waals surface area contributed by atoms with Crippen molar-refractivity contribution in [2.75, 3.05) is 5.73 Å². The second kappa shape index (κ2) is 7.65. The fraction of sp³-hybridized carbons (Fsp3) is 0.400. The van der Waals surface area contributed by atoms with Crippen molar-refractivity contribution in [1.29, 1.82) is 0 Å². The Hall–Kier alpha value is -3.35. The number of aromatic amines is 1. The third-order valence-corrected chi connectivity index (χ3v) is 6.80. The summed E-state index contributed by atoms with van der Waals surface area (Å²) in [5.74, 6) is 0.893. The summed E-state index contributed by atoms with van der Waals surface area (Å²) in [6, 6.07) is 7.43. The molecule has 3 N–H and O–H groups in total. The molecule has 32 heavy (non-hydrogen) atoms. The summed E-state index contributed by atoms with van der Waals surface area (Å²) in [6.45, 7) is 4.19. The van der Waals surface area contributed by atoms with E-state index >= 15 is 0 Å². The molecule has 0 unspecified atom stereocenters. The highest BCUT2D eigenvalue weighted by Gasteiger charge is 2.38. The fourth-order valence-corrected chi connectivity index (χ4v) is 4.85. The van der Waals surface area contributed by atoms with Crippen molar-refractivity contribution in [1.82, 2.24) is 20.2 Å². The fourth-order valence-electron chi connectivity index (χ4n) is 4.85. The van der Waals surface area contributed by atoms with Gasteiger partial charge in [-0.25, -0.2) is 9.97 Å². The Morgan fingerprint density at radius 2 is 1.88 bits per heavy atom. The van der Waals surface area contributed by atoms with Gasteiger partial charge in [0.25, 0.3) is 0 Å². The van der Waals surface area contributed by atoms with Gasteiger partial charge >= 0.3 is 0 Å². The van der Waals surface area contributed by atoms with Crippen molar-refractivity contribution < 1.29 is 9.59 Å². The molecule has 0 saturated heterocycles. The number of benzene rings is 1. The van der Waals surface area contributed by atoms with Crippen LogP contribution in [0.5, 0.6) is 0 Å². The third kappa shape index (κ3) is 3.61. The maximum atomic E-state index is 13.2. The number of hydrogen-bond acceptors (Lipinski definition) is 6. The Morgan fingerprint density at radius 3 is 2.56 bits per heavy atom. The van der Waals surface area contributed by atoms with Crippen molar-refractivity contribution >= 4 is 17.5 Å². The van der Waals surface area contributed by atoms with Gasteiger partial charge in [0.15, 0.2) is 11.6 Å². The van der Waals surface area contributed by atoms with Crippen LogP contribution in [0.3, 0.4) is 0 Å². The molecule has 2 aliphatic rings. The average molecular weight is 430 g/mol.